The van der Waals surface area contributed by atoms with Crippen molar-refractivity contribution in [3.05, 3.63) is 63.7 Å². The van der Waals surface area contributed by atoms with E-state index in [4.69, 9.17) is 17.3 Å². The van der Waals surface area contributed by atoms with Crippen molar-refractivity contribution < 1.29 is 4.79 Å². The van der Waals surface area contributed by atoms with E-state index in [1.807, 2.05) is 43.3 Å². The van der Waals surface area contributed by atoms with Crippen LogP contribution in [-0.2, 0) is 11.2 Å². The molecule has 3 N–H and O–H groups in total. The summed E-state index contributed by atoms with van der Waals surface area (Å²) in [6.45, 7) is 2.04. The Kier molecular flexibility index (Phi) is 3.24. The van der Waals surface area contributed by atoms with Gasteiger partial charge in [-0.15, -0.1) is 0 Å². The van der Waals surface area contributed by atoms with Crippen LogP contribution in [0.4, 0.5) is 5.69 Å². The second kappa shape index (κ2) is 4.93. The molecule has 1 amide bonds. The number of nitrogens with one attached hydrogen (secondary N) is 1. The maximum absolute atomic E-state index is 11.5. The van der Waals surface area contributed by atoms with Gasteiger partial charge in [0, 0.05) is 0 Å². The summed E-state index contributed by atoms with van der Waals surface area (Å²) in [5.74, 6) is -0.0245. The zero-order valence-electron chi connectivity index (χ0n) is 11.1. The van der Waals surface area contributed by atoms with Crippen LogP contribution >= 0.6 is 11.6 Å². The monoisotopic (exact) mass is 286 g/mol. The van der Waals surface area contributed by atoms with E-state index in [2.05, 4.69) is 5.32 Å². The van der Waals surface area contributed by atoms with Gasteiger partial charge in [-0.25, -0.2) is 0 Å². The molecule has 0 aliphatic carbocycles. The molecule has 4 heteroatoms. The van der Waals surface area contributed by atoms with Gasteiger partial charge in [0.2, 0.25) is 5.91 Å². The summed E-state index contributed by atoms with van der Waals surface area (Å²) in [5.41, 5.74) is 11.1. The van der Waals surface area contributed by atoms with Crippen molar-refractivity contribution >= 4 is 23.2 Å². The number of nitrogens with two attached hydrogens (primary N) is 1. The average Bonchev–Trinajstić information content (AvgIpc) is 2.79. The molecule has 0 saturated carbocycles. The van der Waals surface area contributed by atoms with E-state index in [1.54, 1.807) is 0 Å². The summed E-state index contributed by atoms with van der Waals surface area (Å²) >= 11 is 6.24. The third kappa shape index (κ3) is 2.19. The molecule has 0 spiro atoms. The van der Waals surface area contributed by atoms with E-state index in [0.717, 1.165) is 27.9 Å². The van der Waals surface area contributed by atoms with Crippen LogP contribution in [0.2, 0.25) is 5.02 Å². The fourth-order valence-electron chi connectivity index (χ4n) is 2.62. The first kappa shape index (κ1) is 13.2. The Bertz CT molecular complexity index is 697. The van der Waals surface area contributed by atoms with Crippen LogP contribution in [0.3, 0.4) is 0 Å². The first-order valence-electron chi connectivity index (χ1n) is 6.49. The zero-order chi connectivity index (χ0) is 14.3. The van der Waals surface area contributed by atoms with Crippen LogP contribution in [0, 0.1) is 6.92 Å². The number of amides is 1. The zero-order valence-corrected chi connectivity index (χ0v) is 11.9. The topological polar surface area (TPSA) is 55.1 Å². The normalized spacial score (nSPS) is 14.8. The van der Waals surface area contributed by atoms with Gasteiger partial charge in [0.15, 0.2) is 0 Å². The Morgan fingerprint density at radius 2 is 2.05 bits per heavy atom. The lowest BCUT2D eigenvalue weighted by Crippen LogP contribution is -2.13. The van der Waals surface area contributed by atoms with Crippen LogP contribution < -0.4 is 11.1 Å². The average molecular weight is 287 g/mol. The highest BCUT2D eigenvalue weighted by atomic mass is 35.5. The predicted octanol–water partition coefficient (Wildman–Crippen LogP) is 3.19. The van der Waals surface area contributed by atoms with Gasteiger partial charge in [-0.1, -0.05) is 41.9 Å². The Balaban J connectivity index is 2.04. The standard InChI is InChI=1S/C16H15ClN2O/c1-9-4-2-3-5-12(9)15(18)10-6-11-8-14(20)19-16(11)13(17)7-10/h2-7,15H,8,18H2,1H3,(H,19,20). The van der Waals surface area contributed by atoms with Crippen molar-refractivity contribution in [3.8, 4) is 0 Å². The molecule has 0 radical (unpaired) electrons. The molecule has 0 saturated heterocycles. The summed E-state index contributed by atoms with van der Waals surface area (Å²) in [6, 6.07) is 11.6. The van der Waals surface area contributed by atoms with Crippen molar-refractivity contribution in [3.63, 3.8) is 0 Å². The van der Waals surface area contributed by atoms with Gasteiger partial charge in [-0.2, -0.15) is 0 Å². The lowest BCUT2D eigenvalue weighted by Gasteiger charge is -2.17. The number of carbonyl (C=O) groups excluding carboxylic acids is 1. The molecular weight excluding hydrogens is 272 g/mol. The number of carbonyl (C=O) groups is 1. The molecule has 3 nitrogen and oxygen atoms in total. The predicted molar refractivity (Wildman–Crippen MR) is 81.0 cm³/mol. The lowest BCUT2D eigenvalue weighted by molar-refractivity contribution is -0.115. The number of benzene rings is 2. The Labute approximate surface area is 122 Å². The number of hydrogen-bond donors (Lipinski definition) is 2. The van der Waals surface area contributed by atoms with Crippen LogP contribution in [0.15, 0.2) is 36.4 Å². The van der Waals surface area contributed by atoms with Crippen LogP contribution in [0.5, 0.6) is 0 Å². The van der Waals surface area contributed by atoms with Gasteiger partial charge in [-0.3, -0.25) is 4.79 Å². The lowest BCUT2D eigenvalue weighted by atomic mass is 9.94. The van der Waals surface area contributed by atoms with Crippen LogP contribution in [0.25, 0.3) is 0 Å². The van der Waals surface area contributed by atoms with E-state index in [9.17, 15) is 4.79 Å². The van der Waals surface area contributed by atoms with Crippen molar-refractivity contribution in [2.75, 3.05) is 5.32 Å². The van der Waals surface area contributed by atoms with E-state index >= 15 is 0 Å². The van der Waals surface area contributed by atoms with Crippen molar-refractivity contribution in [2.24, 2.45) is 5.73 Å². The Morgan fingerprint density at radius 1 is 1.30 bits per heavy atom. The molecule has 2 aromatic rings. The number of aryl methyl sites for hydroxylation is 1. The van der Waals surface area contributed by atoms with Gasteiger partial charge < -0.3 is 11.1 Å². The molecule has 1 unspecified atom stereocenters. The van der Waals surface area contributed by atoms with Crippen molar-refractivity contribution in [2.45, 2.75) is 19.4 Å². The van der Waals surface area contributed by atoms with Gasteiger partial charge >= 0.3 is 0 Å². The number of rotatable bonds is 2. The SMILES string of the molecule is Cc1ccccc1C(N)c1cc(Cl)c2c(c1)CC(=O)N2. The molecule has 2 aromatic carbocycles. The van der Waals surface area contributed by atoms with Gasteiger partial charge in [0.25, 0.3) is 0 Å². The minimum atomic E-state index is -0.241. The van der Waals surface area contributed by atoms with Crippen molar-refractivity contribution in [1.29, 1.82) is 0 Å². The molecule has 20 heavy (non-hydrogen) atoms. The second-order valence-electron chi connectivity index (χ2n) is 5.10. The fraction of sp³-hybridized carbons (Fsp3) is 0.188. The maximum Gasteiger partial charge on any atom is 0.228 e. The highest BCUT2D eigenvalue weighted by molar-refractivity contribution is 6.34. The van der Waals surface area contributed by atoms with E-state index in [0.29, 0.717) is 11.4 Å². The maximum atomic E-state index is 11.5. The van der Waals surface area contributed by atoms with Gasteiger partial charge in [0.1, 0.15) is 0 Å². The van der Waals surface area contributed by atoms with Gasteiger partial charge in [-0.05, 0) is 35.2 Å². The largest absolute Gasteiger partial charge is 0.324 e. The Hall–Kier alpha value is -1.84. The highest BCUT2D eigenvalue weighted by Crippen LogP contribution is 2.35. The quantitative estimate of drug-likeness (QED) is 0.891. The Morgan fingerprint density at radius 3 is 2.80 bits per heavy atom. The molecule has 1 heterocycles. The molecule has 0 fully saturated rings. The number of anilines is 1. The van der Waals surface area contributed by atoms with Crippen LogP contribution in [0.1, 0.15) is 28.3 Å². The molecular formula is C16H15ClN2O. The number of fused-ring (bicyclic) bond motifs is 1. The molecule has 3 rings (SSSR count). The third-order valence-corrected chi connectivity index (χ3v) is 3.99. The molecule has 102 valence electrons. The number of halogens is 1. The minimum Gasteiger partial charge on any atom is -0.324 e. The summed E-state index contributed by atoms with van der Waals surface area (Å²) < 4.78 is 0. The molecule has 1 aliphatic heterocycles. The summed E-state index contributed by atoms with van der Waals surface area (Å²) in [4.78, 5) is 11.5. The third-order valence-electron chi connectivity index (χ3n) is 3.69. The van der Waals surface area contributed by atoms with E-state index in [-0.39, 0.29) is 11.9 Å². The molecule has 1 aliphatic rings. The minimum absolute atomic E-state index is 0.0245. The number of hydrogen-bond acceptors (Lipinski definition) is 2. The van der Waals surface area contributed by atoms with E-state index in [1.165, 1.54) is 0 Å². The second-order valence-corrected chi connectivity index (χ2v) is 5.50. The molecule has 0 bridgehead atoms. The molecule has 0 aromatic heterocycles. The van der Waals surface area contributed by atoms with Crippen molar-refractivity contribution in [1.82, 2.24) is 0 Å². The summed E-state index contributed by atoms with van der Waals surface area (Å²) in [7, 11) is 0. The highest BCUT2D eigenvalue weighted by Gasteiger charge is 2.23. The first-order valence-corrected chi connectivity index (χ1v) is 6.87. The summed E-state index contributed by atoms with van der Waals surface area (Å²) in [5, 5.41) is 3.32. The van der Waals surface area contributed by atoms with Gasteiger partial charge in [0.05, 0.1) is 23.2 Å². The summed E-state index contributed by atoms with van der Waals surface area (Å²) in [6.07, 6.45) is 0.364. The smallest absolute Gasteiger partial charge is 0.228 e. The van der Waals surface area contributed by atoms with E-state index < -0.39 is 0 Å². The molecule has 1 atom stereocenters. The fourth-order valence-corrected chi connectivity index (χ4v) is 2.91. The first-order chi connectivity index (χ1) is 9.56. The van der Waals surface area contributed by atoms with Crippen LogP contribution in [-0.4, -0.2) is 5.91 Å².